The smallest absolute Gasteiger partial charge is 0.417 e. The number of alkyl halides is 3. The van der Waals surface area contributed by atoms with Crippen LogP contribution in [0.1, 0.15) is 29.8 Å². The predicted molar refractivity (Wildman–Crippen MR) is 116 cm³/mol. The quantitative estimate of drug-likeness (QED) is 0.575. The standard InChI is InChI=1S/C22H23ClF3N3O4/c1-14(2)33-17-5-3-15(4-6-17)21(31)32-13-19(30)28-7-9-29(10-8-28)20-18(23)11-16(12-27-20)22(24,25)26/h3-6,11-12,14H,7-10,13H2,1-2H3. The van der Waals surface area contributed by atoms with Crippen molar-refractivity contribution in [3.63, 3.8) is 0 Å². The van der Waals surface area contributed by atoms with E-state index in [1.54, 1.807) is 29.2 Å². The summed E-state index contributed by atoms with van der Waals surface area (Å²) in [7, 11) is 0. The van der Waals surface area contributed by atoms with E-state index in [0.29, 0.717) is 24.4 Å². The van der Waals surface area contributed by atoms with Crippen molar-refractivity contribution in [2.24, 2.45) is 0 Å². The van der Waals surface area contributed by atoms with Gasteiger partial charge in [0.25, 0.3) is 5.91 Å². The van der Waals surface area contributed by atoms with Crippen molar-refractivity contribution in [3.8, 4) is 5.75 Å². The summed E-state index contributed by atoms with van der Waals surface area (Å²) in [6.07, 6.45) is -3.78. The number of hydrogen-bond acceptors (Lipinski definition) is 6. The van der Waals surface area contributed by atoms with E-state index in [0.717, 1.165) is 12.3 Å². The molecule has 0 atom stereocenters. The van der Waals surface area contributed by atoms with Gasteiger partial charge in [0.15, 0.2) is 6.61 Å². The Morgan fingerprint density at radius 1 is 1.12 bits per heavy atom. The lowest BCUT2D eigenvalue weighted by atomic mass is 10.2. The number of piperazine rings is 1. The number of anilines is 1. The Kier molecular flexibility index (Phi) is 7.68. The van der Waals surface area contributed by atoms with E-state index in [1.165, 1.54) is 4.90 Å². The monoisotopic (exact) mass is 485 g/mol. The molecule has 0 bridgehead atoms. The highest BCUT2D eigenvalue weighted by Gasteiger charge is 2.32. The van der Waals surface area contributed by atoms with Gasteiger partial charge in [0.2, 0.25) is 0 Å². The van der Waals surface area contributed by atoms with Gasteiger partial charge in [-0.05, 0) is 44.2 Å². The molecular formula is C22H23ClF3N3O4. The van der Waals surface area contributed by atoms with Gasteiger partial charge in [0.05, 0.1) is 22.3 Å². The Morgan fingerprint density at radius 3 is 2.30 bits per heavy atom. The fraction of sp³-hybridized carbons (Fsp3) is 0.409. The molecule has 2 heterocycles. The van der Waals surface area contributed by atoms with Crippen molar-refractivity contribution in [2.75, 3.05) is 37.7 Å². The number of aromatic nitrogens is 1. The molecule has 1 aromatic heterocycles. The van der Waals surface area contributed by atoms with E-state index in [4.69, 9.17) is 21.1 Å². The third kappa shape index (κ3) is 6.50. The van der Waals surface area contributed by atoms with Gasteiger partial charge >= 0.3 is 12.1 Å². The number of carbonyl (C=O) groups is 2. The first kappa shape index (κ1) is 24.6. The minimum absolute atomic E-state index is 0.00643. The molecule has 1 amide bonds. The first-order valence-electron chi connectivity index (χ1n) is 10.2. The summed E-state index contributed by atoms with van der Waals surface area (Å²) in [6, 6.07) is 7.26. The van der Waals surface area contributed by atoms with Crippen molar-refractivity contribution in [2.45, 2.75) is 26.1 Å². The highest BCUT2D eigenvalue weighted by Crippen LogP contribution is 2.33. The molecule has 1 aromatic carbocycles. The highest BCUT2D eigenvalue weighted by atomic mass is 35.5. The number of esters is 1. The Bertz CT molecular complexity index is 991. The first-order chi connectivity index (χ1) is 15.5. The number of hydrogen-bond donors (Lipinski definition) is 0. The average Bonchev–Trinajstić information content (AvgIpc) is 2.77. The van der Waals surface area contributed by atoms with Gasteiger partial charge in [-0.2, -0.15) is 13.2 Å². The summed E-state index contributed by atoms with van der Waals surface area (Å²) < 4.78 is 49.0. The number of carbonyl (C=O) groups excluding carboxylic acids is 2. The molecule has 178 valence electrons. The van der Waals surface area contributed by atoms with Crippen LogP contribution in [0.15, 0.2) is 36.5 Å². The molecule has 0 N–H and O–H groups in total. The Morgan fingerprint density at radius 2 is 1.76 bits per heavy atom. The number of amides is 1. The largest absolute Gasteiger partial charge is 0.491 e. The lowest BCUT2D eigenvalue weighted by molar-refractivity contribution is -0.138. The van der Waals surface area contributed by atoms with Gasteiger partial charge in [-0.1, -0.05) is 11.6 Å². The van der Waals surface area contributed by atoms with Crippen LogP contribution in [0.5, 0.6) is 5.75 Å². The number of rotatable bonds is 6. The highest BCUT2D eigenvalue weighted by molar-refractivity contribution is 6.33. The zero-order chi connectivity index (χ0) is 24.2. The summed E-state index contributed by atoms with van der Waals surface area (Å²) in [5.74, 6) is -0.140. The SMILES string of the molecule is CC(C)Oc1ccc(C(=O)OCC(=O)N2CCN(c3ncc(C(F)(F)F)cc3Cl)CC2)cc1. The lowest BCUT2D eigenvalue weighted by Crippen LogP contribution is -2.50. The summed E-state index contributed by atoms with van der Waals surface area (Å²) >= 11 is 5.99. The van der Waals surface area contributed by atoms with Crippen LogP contribution in [0, 0.1) is 0 Å². The van der Waals surface area contributed by atoms with E-state index in [-0.39, 0.29) is 35.9 Å². The molecule has 1 aliphatic heterocycles. The third-order valence-corrected chi connectivity index (χ3v) is 5.15. The van der Waals surface area contributed by atoms with E-state index in [2.05, 4.69) is 4.98 Å². The van der Waals surface area contributed by atoms with Crippen LogP contribution in [0.4, 0.5) is 19.0 Å². The third-order valence-electron chi connectivity index (χ3n) is 4.87. The summed E-state index contributed by atoms with van der Waals surface area (Å²) in [5.41, 5.74) is -0.624. The van der Waals surface area contributed by atoms with E-state index >= 15 is 0 Å². The molecule has 0 aliphatic carbocycles. The molecule has 1 saturated heterocycles. The number of benzene rings is 1. The fourth-order valence-corrected chi connectivity index (χ4v) is 3.52. The van der Waals surface area contributed by atoms with Crippen molar-refractivity contribution < 1.29 is 32.2 Å². The van der Waals surface area contributed by atoms with Gasteiger partial charge in [-0.25, -0.2) is 9.78 Å². The normalized spacial score (nSPS) is 14.4. The number of halogens is 4. The summed E-state index contributed by atoms with van der Waals surface area (Å²) in [5, 5.41) is -0.108. The summed E-state index contributed by atoms with van der Waals surface area (Å²) in [4.78, 5) is 31.7. The maximum Gasteiger partial charge on any atom is 0.417 e. The maximum absolute atomic E-state index is 12.8. The van der Waals surface area contributed by atoms with E-state index < -0.39 is 24.3 Å². The molecule has 0 saturated carbocycles. The van der Waals surface area contributed by atoms with Gasteiger partial charge in [-0.15, -0.1) is 0 Å². The van der Waals surface area contributed by atoms with Crippen molar-refractivity contribution in [1.29, 1.82) is 0 Å². The Labute approximate surface area is 194 Å². The summed E-state index contributed by atoms with van der Waals surface area (Å²) in [6.45, 7) is 4.60. The number of nitrogens with zero attached hydrogens (tertiary/aromatic N) is 3. The van der Waals surface area contributed by atoms with Crippen molar-refractivity contribution in [3.05, 3.63) is 52.7 Å². The Hall–Kier alpha value is -3.01. The van der Waals surface area contributed by atoms with Crippen LogP contribution < -0.4 is 9.64 Å². The van der Waals surface area contributed by atoms with Gasteiger partial charge in [0, 0.05) is 32.4 Å². The zero-order valence-corrected chi connectivity index (χ0v) is 18.8. The minimum atomic E-state index is -4.53. The van der Waals surface area contributed by atoms with E-state index in [9.17, 15) is 22.8 Å². The average molecular weight is 486 g/mol. The number of ether oxygens (including phenoxy) is 2. The molecule has 1 aliphatic rings. The molecule has 33 heavy (non-hydrogen) atoms. The Balaban J connectivity index is 1.49. The van der Waals surface area contributed by atoms with Crippen LogP contribution in [-0.2, 0) is 15.7 Å². The molecule has 3 rings (SSSR count). The maximum atomic E-state index is 12.8. The van der Waals surface area contributed by atoms with Gasteiger partial charge in [0.1, 0.15) is 11.6 Å². The van der Waals surface area contributed by atoms with Crippen molar-refractivity contribution >= 4 is 29.3 Å². The predicted octanol–water partition coefficient (Wildman–Crippen LogP) is 4.05. The molecule has 0 unspecified atom stereocenters. The molecule has 11 heteroatoms. The topological polar surface area (TPSA) is 72.0 Å². The zero-order valence-electron chi connectivity index (χ0n) is 18.1. The molecule has 1 fully saturated rings. The van der Waals surface area contributed by atoms with Gasteiger partial charge in [-0.3, -0.25) is 4.79 Å². The van der Waals surface area contributed by atoms with E-state index in [1.807, 2.05) is 13.8 Å². The van der Waals surface area contributed by atoms with Gasteiger partial charge < -0.3 is 19.3 Å². The van der Waals surface area contributed by atoms with Crippen LogP contribution in [0.3, 0.4) is 0 Å². The molecule has 7 nitrogen and oxygen atoms in total. The molecule has 2 aromatic rings. The molecule has 0 radical (unpaired) electrons. The van der Waals surface area contributed by atoms with Crippen molar-refractivity contribution in [1.82, 2.24) is 9.88 Å². The number of pyridine rings is 1. The second-order valence-electron chi connectivity index (χ2n) is 7.66. The van der Waals surface area contributed by atoms with Crippen LogP contribution in [0.2, 0.25) is 5.02 Å². The lowest BCUT2D eigenvalue weighted by Gasteiger charge is -2.35. The molecular weight excluding hydrogens is 463 g/mol. The van der Waals surface area contributed by atoms with Crippen LogP contribution in [-0.4, -0.2) is 60.7 Å². The van der Waals surface area contributed by atoms with Crippen LogP contribution >= 0.6 is 11.6 Å². The second kappa shape index (κ2) is 10.3. The minimum Gasteiger partial charge on any atom is -0.491 e. The molecule has 0 spiro atoms. The fourth-order valence-electron chi connectivity index (χ4n) is 3.23. The second-order valence-corrected chi connectivity index (χ2v) is 8.07. The van der Waals surface area contributed by atoms with Crippen LogP contribution in [0.25, 0.3) is 0 Å². The first-order valence-corrected chi connectivity index (χ1v) is 10.6.